The van der Waals surface area contributed by atoms with E-state index in [1.807, 2.05) is 54.3 Å². The number of rotatable bonds is 11. The van der Waals surface area contributed by atoms with Crippen LogP contribution in [0.1, 0.15) is 89.6 Å². The van der Waals surface area contributed by atoms with E-state index in [0.717, 1.165) is 11.3 Å². The number of aromatic nitrogens is 1. The lowest BCUT2D eigenvalue weighted by Gasteiger charge is -2.38. The second-order valence-corrected chi connectivity index (χ2v) is 16.5. The van der Waals surface area contributed by atoms with Gasteiger partial charge in [0.1, 0.15) is 17.4 Å². The third-order valence-electron chi connectivity index (χ3n) is 10.1. The number of ether oxygens (including phenoxy) is 1. The number of likely N-dealkylation sites (tertiary alicyclic amines) is 1. The van der Waals surface area contributed by atoms with Crippen molar-refractivity contribution in [1.82, 2.24) is 20.1 Å². The van der Waals surface area contributed by atoms with Crippen molar-refractivity contribution in [3.05, 3.63) is 117 Å². The van der Waals surface area contributed by atoms with E-state index in [0.29, 0.717) is 78.1 Å². The number of carbonyl (C=O) groups excluding carboxylic acids is 2. The largest absolute Gasteiger partial charge is 0.493 e. The Morgan fingerprint density at radius 3 is 2.39 bits per heavy atom. The highest BCUT2D eigenvalue weighted by molar-refractivity contribution is 6.31. The van der Waals surface area contributed by atoms with Gasteiger partial charge in [0.15, 0.2) is 0 Å². The molecule has 8 nitrogen and oxygen atoms in total. The lowest BCUT2D eigenvalue weighted by molar-refractivity contribution is -0.122. The highest BCUT2D eigenvalue weighted by atomic mass is 35.5. The number of allylic oxidation sites excluding steroid dienone is 3. The van der Waals surface area contributed by atoms with Crippen molar-refractivity contribution in [2.75, 3.05) is 19.7 Å². The topological polar surface area (TPSA) is 87.1 Å². The fourth-order valence-corrected chi connectivity index (χ4v) is 6.99. The van der Waals surface area contributed by atoms with E-state index in [-0.39, 0.29) is 48.1 Å². The van der Waals surface area contributed by atoms with Gasteiger partial charge in [0, 0.05) is 71.0 Å². The van der Waals surface area contributed by atoms with Crippen molar-refractivity contribution in [3.8, 4) is 5.75 Å². The molecular weight excluding hydrogens is 724 g/mol. The molecule has 1 aromatic heterocycles. The van der Waals surface area contributed by atoms with Crippen molar-refractivity contribution < 1.29 is 18.7 Å². The van der Waals surface area contributed by atoms with Gasteiger partial charge in [-0.2, -0.15) is 0 Å². The summed E-state index contributed by atoms with van der Waals surface area (Å²) in [4.78, 5) is 41.7. The highest BCUT2D eigenvalue weighted by Crippen LogP contribution is 2.35. The van der Waals surface area contributed by atoms with E-state index in [1.165, 1.54) is 6.07 Å². The molecule has 1 aliphatic carbocycles. The van der Waals surface area contributed by atoms with E-state index in [9.17, 15) is 14.0 Å². The monoisotopic (exact) mass is 775 g/mol. The number of urea groups is 1. The smallest absolute Gasteiger partial charge is 0.325 e. The summed E-state index contributed by atoms with van der Waals surface area (Å²) in [6.07, 6.45) is 10.1. The molecule has 2 heterocycles. The zero-order valence-electron chi connectivity index (χ0n) is 32.2. The number of benzene rings is 2. The number of hydrogen-bond acceptors (Lipinski definition) is 5. The number of amidine groups is 1. The Balaban J connectivity index is 1.47. The molecule has 0 spiro atoms. The van der Waals surface area contributed by atoms with Crippen molar-refractivity contribution in [3.63, 3.8) is 0 Å². The van der Waals surface area contributed by atoms with Crippen LogP contribution in [0.25, 0.3) is 0 Å². The van der Waals surface area contributed by atoms with Crippen LogP contribution < -0.4 is 10.1 Å². The predicted octanol–water partition coefficient (Wildman–Crippen LogP) is 9.83. The fourth-order valence-electron chi connectivity index (χ4n) is 6.70. The SMILES string of the molecule is CCOc1cc(C(C)(C)C)ncc1/C(=N/C(C)(C)C1C=CC(Cl)=CC1)N(Cc1ccc(Cl)cc1)C(=O)N1CCC(CC(=O)NCc2ccccc2F)CC1. The summed E-state index contributed by atoms with van der Waals surface area (Å²) in [5.41, 5.74) is 1.91. The highest BCUT2D eigenvalue weighted by Gasteiger charge is 2.36. The van der Waals surface area contributed by atoms with Gasteiger partial charge in [-0.05, 0) is 75.8 Å². The number of carbonyl (C=O) groups is 2. The Morgan fingerprint density at radius 1 is 1.06 bits per heavy atom. The van der Waals surface area contributed by atoms with Crippen LogP contribution >= 0.6 is 23.2 Å². The van der Waals surface area contributed by atoms with E-state index >= 15 is 0 Å². The molecule has 1 N–H and O–H groups in total. The lowest BCUT2D eigenvalue weighted by atomic mass is 9.83. The second kappa shape index (κ2) is 17.9. The molecule has 1 atom stereocenters. The molecule has 1 unspecified atom stereocenters. The van der Waals surface area contributed by atoms with Crippen LogP contribution in [0.5, 0.6) is 5.75 Å². The number of halogens is 3. The molecule has 0 radical (unpaired) electrons. The van der Waals surface area contributed by atoms with Crippen molar-refractivity contribution in [2.24, 2.45) is 16.8 Å². The van der Waals surface area contributed by atoms with Gasteiger partial charge < -0.3 is 15.0 Å². The molecular formula is C43H52Cl2FN5O3. The van der Waals surface area contributed by atoms with Crippen LogP contribution in [0.2, 0.25) is 5.02 Å². The predicted molar refractivity (Wildman–Crippen MR) is 215 cm³/mol. The summed E-state index contributed by atoms with van der Waals surface area (Å²) >= 11 is 12.6. The molecule has 11 heteroatoms. The standard InChI is InChI=1S/C43H52Cl2FN5O3/c1-7-54-37-25-38(42(2,3)4)47-27-35(37)40(49-43(5,6)32-14-18-34(45)19-15-32)51(28-30-12-16-33(44)17-13-30)41(53)50-22-20-29(21-23-50)24-39(52)48-26-31-10-8-9-11-36(31)46/h8-14,16-19,25,27,29,32H,7,15,20-24,26,28H2,1-6H3,(H,48,52)/b49-40-. The average Bonchev–Trinajstić information content (AvgIpc) is 3.13. The number of nitrogens with zero attached hydrogens (tertiary/aromatic N) is 4. The molecule has 288 valence electrons. The third kappa shape index (κ3) is 10.7. The fraction of sp³-hybridized carbons (Fsp3) is 0.442. The van der Waals surface area contributed by atoms with Gasteiger partial charge in [-0.1, -0.05) is 86.5 Å². The van der Waals surface area contributed by atoms with Gasteiger partial charge in [-0.15, -0.1) is 0 Å². The van der Waals surface area contributed by atoms with Crippen LogP contribution in [-0.4, -0.2) is 57.8 Å². The molecule has 2 aliphatic rings. The second-order valence-electron chi connectivity index (χ2n) is 15.6. The molecule has 1 fully saturated rings. The Bertz CT molecular complexity index is 1880. The Hall–Kier alpha value is -4.21. The van der Waals surface area contributed by atoms with E-state index in [4.69, 9.17) is 37.9 Å². The maximum absolute atomic E-state index is 14.9. The summed E-state index contributed by atoms with van der Waals surface area (Å²) in [6, 6.07) is 15.6. The normalized spacial score (nSPS) is 16.9. The van der Waals surface area contributed by atoms with Crippen LogP contribution in [0.15, 0.2) is 89.0 Å². The van der Waals surface area contributed by atoms with Crippen molar-refractivity contribution in [1.29, 1.82) is 0 Å². The van der Waals surface area contributed by atoms with Gasteiger partial charge in [-0.25, -0.2) is 9.18 Å². The molecule has 0 bridgehead atoms. The minimum absolute atomic E-state index is 0.0140. The number of pyridine rings is 1. The third-order valence-corrected chi connectivity index (χ3v) is 10.6. The van der Waals surface area contributed by atoms with Crippen molar-refractivity contribution >= 4 is 41.0 Å². The number of amides is 3. The van der Waals surface area contributed by atoms with Gasteiger partial charge in [0.25, 0.3) is 0 Å². The maximum Gasteiger partial charge on any atom is 0.325 e. The maximum atomic E-state index is 14.9. The van der Waals surface area contributed by atoms with Gasteiger partial charge in [0.05, 0.1) is 24.3 Å². The van der Waals surface area contributed by atoms with Crippen LogP contribution in [0.4, 0.5) is 9.18 Å². The summed E-state index contributed by atoms with van der Waals surface area (Å²) in [5, 5.41) is 4.15. The molecule has 54 heavy (non-hydrogen) atoms. The van der Waals surface area contributed by atoms with Gasteiger partial charge in [-0.3, -0.25) is 19.7 Å². The number of hydrogen-bond donors (Lipinski definition) is 1. The number of aliphatic imine (C=N–C) groups is 1. The lowest BCUT2D eigenvalue weighted by Crippen LogP contribution is -2.50. The van der Waals surface area contributed by atoms with E-state index in [1.54, 1.807) is 29.3 Å². The van der Waals surface area contributed by atoms with Crippen LogP contribution in [-0.2, 0) is 23.3 Å². The first-order chi connectivity index (χ1) is 25.6. The Labute approximate surface area is 329 Å². The summed E-state index contributed by atoms with van der Waals surface area (Å²) in [5.74, 6) is 0.683. The molecule has 3 aromatic rings. The minimum atomic E-state index is -0.659. The van der Waals surface area contributed by atoms with Gasteiger partial charge >= 0.3 is 6.03 Å². The number of piperidine rings is 1. The molecule has 1 saturated heterocycles. The Kier molecular flexibility index (Phi) is 13.6. The Morgan fingerprint density at radius 2 is 1.76 bits per heavy atom. The summed E-state index contributed by atoms with van der Waals surface area (Å²) < 4.78 is 20.4. The zero-order valence-corrected chi connectivity index (χ0v) is 33.7. The van der Waals surface area contributed by atoms with E-state index in [2.05, 4.69) is 46.0 Å². The molecule has 3 amide bonds. The first-order valence-electron chi connectivity index (χ1n) is 18.7. The average molecular weight is 777 g/mol. The summed E-state index contributed by atoms with van der Waals surface area (Å²) in [6.45, 7) is 14.1. The molecule has 2 aromatic carbocycles. The summed E-state index contributed by atoms with van der Waals surface area (Å²) in [7, 11) is 0. The van der Waals surface area contributed by atoms with E-state index < -0.39 is 5.54 Å². The molecule has 1 aliphatic heterocycles. The van der Waals surface area contributed by atoms with Crippen LogP contribution in [0.3, 0.4) is 0 Å². The zero-order chi connectivity index (χ0) is 39.0. The number of nitrogens with one attached hydrogen (secondary N) is 1. The minimum Gasteiger partial charge on any atom is -0.493 e. The van der Waals surface area contributed by atoms with Gasteiger partial charge in [0.2, 0.25) is 5.91 Å². The van der Waals surface area contributed by atoms with Crippen LogP contribution in [0, 0.1) is 17.7 Å². The molecule has 0 saturated carbocycles. The first-order valence-corrected chi connectivity index (χ1v) is 19.5. The first kappa shape index (κ1) is 41.0. The van der Waals surface area contributed by atoms with Crippen molar-refractivity contribution in [2.45, 2.75) is 91.3 Å². The quantitative estimate of drug-likeness (QED) is 0.155. The molecule has 5 rings (SSSR count).